The Kier molecular flexibility index (Phi) is 5.31. The van der Waals surface area contributed by atoms with Gasteiger partial charge in [0.25, 0.3) is 0 Å². The maximum atomic E-state index is 6.02. The van der Waals surface area contributed by atoms with Crippen molar-refractivity contribution >= 4 is 17.2 Å². The van der Waals surface area contributed by atoms with Crippen LogP contribution in [0.15, 0.2) is 17.8 Å². The van der Waals surface area contributed by atoms with Crippen LogP contribution < -0.4 is 10.6 Å². The second-order valence-corrected chi connectivity index (χ2v) is 6.51. The van der Waals surface area contributed by atoms with Crippen LogP contribution in [0.25, 0.3) is 0 Å². The molecular formula is C16H24N4S. The van der Waals surface area contributed by atoms with Gasteiger partial charge in [-0.05, 0) is 37.8 Å². The number of hydrogen-bond donors (Lipinski definition) is 1. The minimum atomic E-state index is 0.217. The maximum absolute atomic E-state index is 6.02. The van der Waals surface area contributed by atoms with Gasteiger partial charge in [0, 0.05) is 24.2 Å². The summed E-state index contributed by atoms with van der Waals surface area (Å²) in [7, 11) is 2.08. The van der Waals surface area contributed by atoms with Gasteiger partial charge in [-0.15, -0.1) is 11.3 Å². The fraction of sp³-hybridized carbons (Fsp3) is 0.500. The van der Waals surface area contributed by atoms with Crippen molar-refractivity contribution in [3.63, 3.8) is 0 Å². The average molecular weight is 304 g/mol. The van der Waals surface area contributed by atoms with Crippen molar-refractivity contribution in [3.8, 4) is 0 Å². The van der Waals surface area contributed by atoms with Crippen LogP contribution in [0.2, 0.25) is 0 Å². The lowest BCUT2D eigenvalue weighted by Gasteiger charge is -2.20. The zero-order chi connectivity index (χ0) is 15.4. The van der Waals surface area contributed by atoms with E-state index < -0.39 is 0 Å². The third kappa shape index (κ3) is 4.02. The molecule has 1 atom stereocenters. The van der Waals surface area contributed by atoms with Crippen LogP contribution in [-0.2, 0) is 13.0 Å². The van der Waals surface area contributed by atoms with E-state index in [1.165, 1.54) is 16.0 Å². The van der Waals surface area contributed by atoms with Crippen molar-refractivity contribution < 1.29 is 0 Å². The van der Waals surface area contributed by atoms with Crippen molar-refractivity contribution in [3.05, 3.63) is 39.5 Å². The standard InChI is InChI=1S/C16H24N4S/c1-5-14(17)7-13-6-11(2)16(18-8-13)20(4)9-15-12(3)19-10-21-15/h6,8,10,14H,5,7,9,17H2,1-4H3. The Labute approximate surface area is 131 Å². The fourth-order valence-corrected chi connectivity index (χ4v) is 3.18. The minimum absolute atomic E-state index is 0.217. The SMILES string of the molecule is CCC(N)Cc1cnc(N(C)Cc2scnc2C)c(C)c1. The molecule has 2 rings (SSSR count). The first-order valence-corrected chi connectivity index (χ1v) is 8.20. The number of thiazole rings is 1. The van der Waals surface area contributed by atoms with Crippen molar-refractivity contribution in [1.29, 1.82) is 0 Å². The van der Waals surface area contributed by atoms with E-state index in [-0.39, 0.29) is 6.04 Å². The molecule has 0 aliphatic carbocycles. The molecule has 21 heavy (non-hydrogen) atoms. The Hall–Kier alpha value is -1.46. The summed E-state index contributed by atoms with van der Waals surface area (Å²) in [6.07, 6.45) is 3.83. The number of hydrogen-bond acceptors (Lipinski definition) is 5. The molecule has 2 N–H and O–H groups in total. The first-order chi connectivity index (χ1) is 10.0. The summed E-state index contributed by atoms with van der Waals surface area (Å²) in [4.78, 5) is 12.4. The lowest BCUT2D eigenvalue weighted by molar-refractivity contribution is 0.644. The van der Waals surface area contributed by atoms with Gasteiger partial charge in [0.15, 0.2) is 0 Å². The topological polar surface area (TPSA) is 55.0 Å². The zero-order valence-corrected chi connectivity index (χ0v) is 14.1. The second kappa shape index (κ2) is 7.00. The van der Waals surface area contributed by atoms with Gasteiger partial charge in [-0.1, -0.05) is 13.0 Å². The van der Waals surface area contributed by atoms with Crippen LogP contribution in [0, 0.1) is 13.8 Å². The summed E-state index contributed by atoms with van der Waals surface area (Å²) >= 11 is 1.70. The van der Waals surface area contributed by atoms with Crippen molar-refractivity contribution in [2.24, 2.45) is 5.73 Å². The van der Waals surface area contributed by atoms with Gasteiger partial charge in [-0.3, -0.25) is 0 Å². The Morgan fingerprint density at radius 1 is 1.33 bits per heavy atom. The maximum Gasteiger partial charge on any atom is 0.131 e. The quantitative estimate of drug-likeness (QED) is 0.891. The number of aromatic nitrogens is 2. The van der Waals surface area contributed by atoms with Crippen LogP contribution >= 0.6 is 11.3 Å². The Balaban J connectivity index is 2.11. The van der Waals surface area contributed by atoms with E-state index in [4.69, 9.17) is 5.73 Å². The highest BCUT2D eigenvalue weighted by molar-refractivity contribution is 7.09. The number of pyridine rings is 1. The zero-order valence-electron chi connectivity index (χ0n) is 13.3. The number of rotatable bonds is 6. The average Bonchev–Trinajstić information content (AvgIpc) is 2.84. The van der Waals surface area contributed by atoms with E-state index in [0.717, 1.165) is 30.9 Å². The molecule has 2 heterocycles. The molecule has 0 aliphatic heterocycles. The molecule has 2 aromatic heterocycles. The molecule has 114 valence electrons. The van der Waals surface area contributed by atoms with Crippen molar-refractivity contribution in [2.75, 3.05) is 11.9 Å². The van der Waals surface area contributed by atoms with E-state index in [1.807, 2.05) is 11.7 Å². The van der Waals surface area contributed by atoms with E-state index >= 15 is 0 Å². The number of nitrogens with two attached hydrogens (primary N) is 1. The number of anilines is 1. The van der Waals surface area contributed by atoms with Crippen molar-refractivity contribution in [2.45, 2.75) is 46.2 Å². The smallest absolute Gasteiger partial charge is 0.131 e. The molecule has 4 nitrogen and oxygen atoms in total. The molecule has 1 unspecified atom stereocenters. The van der Waals surface area contributed by atoms with E-state index in [0.29, 0.717) is 0 Å². The highest BCUT2D eigenvalue weighted by Gasteiger charge is 2.11. The second-order valence-electron chi connectivity index (χ2n) is 5.57. The normalized spacial score (nSPS) is 12.4. The van der Waals surface area contributed by atoms with Crippen LogP contribution in [0.1, 0.15) is 35.0 Å². The summed E-state index contributed by atoms with van der Waals surface area (Å²) in [5, 5.41) is 0. The number of nitrogens with zero attached hydrogens (tertiary/aromatic N) is 3. The third-order valence-corrected chi connectivity index (χ3v) is 4.64. The Morgan fingerprint density at radius 3 is 2.67 bits per heavy atom. The summed E-state index contributed by atoms with van der Waals surface area (Å²) < 4.78 is 0. The molecule has 0 aromatic carbocycles. The Morgan fingerprint density at radius 2 is 2.10 bits per heavy atom. The molecule has 0 spiro atoms. The van der Waals surface area contributed by atoms with E-state index in [1.54, 1.807) is 11.3 Å². The van der Waals surface area contributed by atoms with Gasteiger partial charge in [0.2, 0.25) is 0 Å². The third-order valence-electron chi connectivity index (χ3n) is 3.72. The predicted molar refractivity (Wildman–Crippen MR) is 89.9 cm³/mol. The van der Waals surface area contributed by atoms with Crippen LogP contribution in [0.4, 0.5) is 5.82 Å². The summed E-state index contributed by atoms with van der Waals surface area (Å²) in [5.41, 5.74) is 11.4. The molecule has 0 saturated heterocycles. The monoisotopic (exact) mass is 304 g/mol. The van der Waals surface area contributed by atoms with Gasteiger partial charge in [0.05, 0.1) is 17.7 Å². The molecule has 0 aliphatic rings. The van der Waals surface area contributed by atoms with Gasteiger partial charge in [0.1, 0.15) is 5.82 Å². The molecule has 0 saturated carbocycles. The van der Waals surface area contributed by atoms with Gasteiger partial charge in [-0.25, -0.2) is 9.97 Å². The molecule has 0 bridgehead atoms. The molecule has 0 fully saturated rings. The first-order valence-electron chi connectivity index (χ1n) is 7.32. The highest BCUT2D eigenvalue weighted by Crippen LogP contribution is 2.22. The van der Waals surface area contributed by atoms with Crippen LogP contribution in [0.5, 0.6) is 0 Å². The molecular weight excluding hydrogens is 280 g/mol. The van der Waals surface area contributed by atoms with E-state index in [2.05, 4.69) is 48.8 Å². The lowest BCUT2D eigenvalue weighted by atomic mass is 10.0. The predicted octanol–water partition coefficient (Wildman–Crippen LogP) is 3.07. The summed E-state index contributed by atoms with van der Waals surface area (Å²) in [6.45, 7) is 7.12. The highest BCUT2D eigenvalue weighted by atomic mass is 32.1. The summed E-state index contributed by atoms with van der Waals surface area (Å²) in [6, 6.07) is 2.42. The van der Waals surface area contributed by atoms with Gasteiger partial charge < -0.3 is 10.6 Å². The molecule has 0 radical (unpaired) electrons. The van der Waals surface area contributed by atoms with Crippen LogP contribution in [0.3, 0.4) is 0 Å². The van der Waals surface area contributed by atoms with Gasteiger partial charge in [-0.2, -0.15) is 0 Å². The molecule has 5 heteroatoms. The first kappa shape index (κ1) is 15.9. The van der Waals surface area contributed by atoms with Gasteiger partial charge >= 0.3 is 0 Å². The largest absolute Gasteiger partial charge is 0.354 e. The van der Waals surface area contributed by atoms with E-state index in [9.17, 15) is 0 Å². The Bertz CT molecular complexity index is 594. The van der Waals surface area contributed by atoms with Crippen molar-refractivity contribution in [1.82, 2.24) is 9.97 Å². The number of aryl methyl sites for hydroxylation is 2. The van der Waals surface area contributed by atoms with Crippen LogP contribution in [-0.4, -0.2) is 23.1 Å². The molecule has 2 aromatic rings. The summed E-state index contributed by atoms with van der Waals surface area (Å²) in [5.74, 6) is 1.02. The fourth-order valence-electron chi connectivity index (χ4n) is 2.35. The molecule has 0 amide bonds. The lowest BCUT2D eigenvalue weighted by Crippen LogP contribution is -2.22. The minimum Gasteiger partial charge on any atom is -0.354 e.